The van der Waals surface area contributed by atoms with Crippen LogP contribution in [0.15, 0.2) is 61.2 Å². The van der Waals surface area contributed by atoms with Crippen LogP contribution < -0.4 is 10.1 Å². The first kappa shape index (κ1) is 18.7. The van der Waals surface area contributed by atoms with Crippen molar-refractivity contribution in [3.63, 3.8) is 0 Å². The molecule has 0 atom stereocenters. The zero-order valence-electron chi connectivity index (χ0n) is 15.1. The number of para-hydroxylation sites is 1. The summed E-state index contributed by atoms with van der Waals surface area (Å²) in [7, 11) is 0. The molecule has 0 fully saturated rings. The number of fused-ring (bicyclic) bond motifs is 1. The van der Waals surface area contributed by atoms with Gasteiger partial charge in [0.25, 0.3) is 0 Å². The van der Waals surface area contributed by atoms with Crippen molar-refractivity contribution in [2.75, 3.05) is 5.32 Å². The van der Waals surface area contributed by atoms with Gasteiger partial charge in [0.15, 0.2) is 0 Å². The fourth-order valence-electron chi connectivity index (χ4n) is 2.96. The van der Waals surface area contributed by atoms with E-state index in [9.17, 15) is 13.2 Å². The van der Waals surface area contributed by atoms with Crippen LogP contribution in [0.2, 0.25) is 0 Å². The number of nitrogens with zero attached hydrogens (tertiary/aromatic N) is 3. The number of rotatable bonds is 6. The predicted octanol–water partition coefficient (Wildman–Crippen LogP) is 4.45. The molecule has 0 saturated carbocycles. The van der Waals surface area contributed by atoms with E-state index in [-0.39, 0.29) is 12.3 Å². The normalized spacial score (nSPS) is 11.6. The van der Waals surface area contributed by atoms with Crippen molar-refractivity contribution in [1.29, 1.82) is 0 Å². The molecule has 0 bridgehead atoms. The summed E-state index contributed by atoms with van der Waals surface area (Å²) in [5.41, 5.74) is 3.15. The Morgan fingerprint density at radius 3 is 2.55 bits per heavy atom. The summed E-state index contributed by atoms with van der Waals surface area (Å²) in [4.78, 5) is 15.9. The lowest BCUT2D eigenvalue weighted by molar-refractivity contribution is -0.274. The minimum atomic E-state index is -4.74. The molecule has 0 aliphatic carbocycles. The third-order valence-electron chi connectivity index (χ3n) is 4.27. The van der Waals surface area contributed by atoms with E-state index >= 15 is 0 Å². The lowest BCUT2D eigenvalue weighted by Crippen LogP contribution is -2.18. The van der Waals surface area contributed by atoms with Gasteiger partial charge < -0.3 is 15.0 Å². The zero-order chi connectivity index (χ0) is 20.3. The Balaban J connectivity index is 1.42. The van der Waals surface area contributed by atoms with E-state index in [0.29, 0.717) is 17.9 Å². The van der Waals surface area contributed by atoms with Crippen molar-refractivity contribution in [1.82, 2.24) is 19.9 Å². The molecule has 29 heavy (non-hydrogen) atoms. The molecule has 0 unspecified atom stereocenters. The van der Waals surface area contributed by atoms with Crippen LogP contribution >= 0.6 is 0 Å². The second-order valence-electron chi connectivity index (χ2n) is 6.31. The minimum Gasteiger partial charge on any atom is -0.405 e. The molecule has 0 spiro atoms. The van der Waals surface area contributed by atoms with Crippen molar-refractivity contribution in [2.24, 2.45) is 0 Å². The number of hydrogen-bond acceptors (Lipinski definition) is 5. The average molecular weight is 399 g/mol. The highest BCUT2D eigenvalue weighted by Crippen LogP contribution is 2.26. The third kappa shape index (κ3) is 4.63. The van der Waals surface area contributed by atoms with Crippen molar-refractivity contribution < 1.29 is 17.9 Å². The summed E-state index contributed by atoms with van der Waals surface area (Å²) in [5.74, 6) is 0.0632. The fraction of sp³-hybridized carbons (Fsp3) is 0.150. The minimum absolute atomic E-state index is 0.0969. The number of pyridine rings is 1. The van der Waals surface area contributed by atoms with E-state index in [2.05, 4.69) is 30.0 Å². The van der Waals surface area contributed by atoms with Crippen LogP contribution in [0.5, 0.6) is 5.75 Å². The highest BCUT2D eigenvalue weighted by Gasteiger charge is 2.31. The topological polar surface area (TPSA) is 75.7 Å². The molecule has 2 N–H and O–H groups in total. The van der Waals surface area contributed by atoms with Gasteiger partial charge in [-0.25, -0.2) is 15.0 Å². The SMILES string of the molecule is FC(F)(F)Oc1ccccc1CNc1ncc(Cc2c[nH]c3ncccc23)cn1. The number of alkyl halides is 3. The Labute approximate surface area is 163 Å². The summed E-state index contributed by atoms with van der Waals surface area (Å²) in [6, 6.07) is 9.81. The molecule has 9 heteroatoms. The standard InChI is InChI=1S/C20H16F3N5O/c21-20(22,23)29-17-6-2-1-4-14(17)11-28-19-26-9-13(10-27-19)8-15-12-25-18-16(15)5-3-7-24-18/h1-7,9-10,12H,8,11H2,(H,24,25)(H,26,27,28). The molecule has 0 amide bonds. The number of ether oxygens (including phenoxy) is 1. The number of aromatic nitrogens is 4. The number of hydrogen-bond donors (Lipinski definition) is 2. The smallest absolute Gasteiger partial charge is 0.405 e. The summed E-state index contributed by atoms with van der Waals surface area (Å²) < 4.78 is 41.6. The molecular formula is C20H16F3N5O. The number of aromatic amines is 1. The molecule has 0 aliphatic heterocycles. The lowest BCUT2D eigenvalue weighted by atomic mass is 10.1. The van der Waals surface area contributed by atoms with Gasteiger partial charge in [-0.3, -0.25) is 0 Å². The summed E-state index contributed by atoms with van der Waals surface area (Å²) >= 11 is 0. The maximum Gasteiger partial charge on any atom is 0.573 e. The Hall–Kier alpha value is -3.62. The van der Waals surface area contributed by atoms with Gasteiger partial charge in [-0.2, -0.15) is 0 Å². The first-order valence-electron chi connectivity index (χ1n) is 8.77. The highest BCUT2D eigenvalue weighted by atomic mass is 19.4. The maximum atomic E-state index is 12.5. The summed E-state index contributed by atoms with van der Waals surface area (Å²) in [6.45, 7) is 0.0969. The first-order valence-corrected chi connectivity index (χ1v) is 8.77. The largest absolute Gasteiger partial charge is 0.573 e. The third-order valence-corrected chi connectivity index (χ3v) is 4.27. The van der Waals surface area contributed by atoms with Crippen molar-refractivity contribution in [2.45, 2.75) is 19.3 Å². The number of nitrogens with one attached hydrogen (secondary N) is 2. The first-order chi connectivity index (χ1) is 14.0. The Bertz CT molecular complexity index is 1110. The zero-order valence-corrected chi connectivity index (χ0v) is 15.1. The molecule has 3 aromatic heterocycles. The molecule has 4 aromatic rings. The number of benzene rings is 1. The van der Waals surface area contributed by atoms with Crippen LogP contribution in [0.25, 0.3) is 11.0 Å². The number of anilines is 1. The monoisotopic (exact) mass is 399 g/mol. The van der Waals surface area contributed by atoms with Crippen molar-refractivity contribution in [3.8, 4) is 5.75 Å². The molecule has 4 rings (SSSR count). The molecule has 0 saturated heterocycles. The van der Waals surface area contributed by atoms with E-state index in [1.54, 1.807) is 30.7 Å². The van der Waals surface area contributed by atoms with Gasteiger partial charge in [0.05, 0.1) is 0 Å². The van der Waals surface area contributed by atoms with Crippen LogP contribution in [0.3, 0.4) is 0 Å². The van der Waals surface area contributed by atoms with Crippen LogP contribution in [0, 0.1) is 0 Å². The average Bonchev–Trinajstić information content (AvgIpc) is 3.10. The molecule has 0 aliphatic rings. The van der Waals surface area contributed by atoms with Gasteiger partial charge in [-0.05, 0) is 29.3 Å². The van der Waals surface area contributed by atoms with Crippen LogP contribution in [0.1, 0.15) is 16.7 Å². The van der Waals surface area contributed by atoms with E-state index in [0.717, 1.165) is 22.2 Å². The molecule has 1 aromatic carbocycles. The van der Waals surface area contributed by atoms with Crippen molar-refractivity contribution in [3.05, 3.63) is 77.9 Å². The molecule has 3 heterocycles. The Morgan fingerprint density at radius 2 is 1.76 bits per heavy atom. The molecule has 6 nitrogen and oxygen atoms in total. The number of halogens is 3. The number of H-pyrrole nitrogens is 1. The van der Waals surface area contributed by atoms with Gasteiger partial charge >= 0.3 is 6.36 Å². The molecule has 148 valence electrons. The summed E-state index contributed by atoms with van der Waals surface area (Å²) in [6.07, 6.45) is 2.89. The van der Waals surface area contributed by atoms with Crippen LogP contribution in [0.4, 0.5) is 19.1 Å². The van der Waals surface area contributed by atoms with Crippen LogP contribution in [-0.4, -0.2) is 26.3 Å². The van der Waals surface area contributed by atoms with Crippen LogP contribution in [-0.2, 0) is 13.0 Å². The van der Waals surface area contributed by atoms with Gasteiger partial charge in [0.1, 0.15) is 11.4 Å². The molecular weight excluding hydrogens is 383 g/mol. The Kier molecular flexibility index (Phi) is 5.03. The maximum absolute atomic E-state index is 12.5. The fourth-order valence-corrected chi connectivity index (χ4v) is 2.96. The summed E-state index contributed by atoms with van der Waals surface area (Å²) in [5, 5.41) is 3.96. The predicted molar refractivity (Wildman–Crippen MR) is 101 cm³/mol. The van der Waals surface area contributed by atoms with E-state index in [1.807, 2.05) is 18.3 Å². The second-order valence-corrected chi connectivity index (χ2v) is 6.31. The highest BCUT2D eigenvalue weighted by molar-refractivity contribution is 5.79. The second kappa shape index (κ2) is 7.78. The van der Waals surface area contributed by atoms with E-state index in [1.165, 1.54) is 12.1 Å². The van der Waals surface area contributed by atoms with Crippen molar-refractivity contribution >= 4 is 17.0 Å². The quantitative estimate of drug-likeness (QED) is 0.501. The van der Waals surface area contributed by atoms with Gasteiger partial charge in [-0.1, -0.05) is 18.2 Å². The molecule has 0 radical (unpaired) electrons. The lowest BCUT2D eigenvalue weighted by Gasteiger charge is -2.13. The van der Waals surface area contributed by atoms with Gasteiger partial charge in [0.2, 0.25) is 5.95 Å². The van der Waals surface area contributed by atoms with E-state index in [4.69, 9.17) is 0 Å². The Morgan fingerprint density at radius 1 is 0.966 bits per heavy atom. The van der Waals surface area contributed by atoms with Gasteiger partial charge in [0, 0.05) is 48.7 Å². The van der Waals surface area contributed by atoms with E-state index < -0.39 is 6.36 Å². The van der Waals surface area contributed by atoms with Gasteiger partial charge in [-0.15, -0.1) is 13.2 Å².